The minimum atomic E-state index is 0.448. The van der Waals surface area contributed by atoms with E-state index < -0.39 is 0 Å². The van der Waals surface area contributed by atoms with Crippen molar-refractivity contribution in [1.29, 1.82) is 0 Å². The van der Waals surface area contributed by atoms with E-state index in [0.29, 0.717) is 18.1 Å². The predicted octanol–water partition coefficient (Wildman–Crippen LogP) is 2.85. The zero-order valence-electron chi connectivity index (χ0n) is 10.9. The number of aryl methyl sites for hydroxylation is 1. The van der Waals surface area contributed by atoms with Crippen LogP contribution in [0.1, 0.15) is 42.4 Å². The average Bonchev–Trinajstić information content (AvgIpc) is 2.67. The molecule has 2 rings (SSSR count). The third-order valence-electron chi connectivity index (χ3n) is 3.60. The van der Waals surface area contributed by atoms with Gasteiger partial charge in [-0.1, -0.05) is 0 Å². The predicted molar refractivity (Wildman–Crippen MR) is 75.6 cm³/mol. The molecule has 0 amide bonds. The van der Waals surface area contributed by atoms with Crippen molar-refractivity contribution in [1.82, 2.24) is 5.32 Å². The molecule has 1 aliphatic carbocycles. The van der Waals surface area contributed by atoms with Crippen LogP contribution in [0.5, 0.6) is 0 Å². The molecular weight excluding hydrogens is 228 g/mol. The molecule has 17 heavy (non-hydrogen) atoms. The molecule has 96 valence electrons. The van der Waals surface area contributed by atoms with E-state index in [2.05, 4.69) is 31.3 Å². The molecule has 1 saturated carbocycles. The zero-order valence-corrected chi connectivity index (χ0v) is 11.7. The zero-order chi connectivity index (χ0) is 12.3. The van der Waals surface area contributed by atoms with Crippen LogP contribution in [0.25, 0.3) is 0 Å². The van der Waals surface area contributed by atoms with Gasteiger partial charge in [-0.3, -0.25) is 0 Å². The van der Waals surface area contributed by atoms with Crippen molar-refractivity contribution in [3.8, 4) is 0 Å². The van der Waals surface area contributed by atoms with E-state index in [1.807, 2.05) is 11.3 Å². The van der Waals surface area contributed by atoms with E-state index in [9.17, 15) is 0 Å². The summed E-state index contributed by atoms with van der Waals surface area (Å²) in [5.74, 6) is 0. The molecular formula is C14H24N2S. The van der Waals surface area contributed by atoms with E-state index in [4.69, 9.17) is 5.73 Å². The van der Waals surface area contributed by atoms with Gasteiger partial charge in [0.2, 0.25) is 0 Å². The lowest BCUT2D eigenvalue weighted by Crippen LogP contribution is -2.42. The maximum Gasteiger partial charge on any atom is 0.00896 e. The first-order chi connectivity index (χ1) is 8.13. The Kier molecular flexibility index (Phi) is 4.60. The second-order valence-corrected chi connectivity index (χ2v) is 6.77. The van der Waals surface area contributed by atoms with E-state index in [0.717, 1.165) is 6.42 Å². The molecule has 1 heterocycles. The molecule has 0 aliphatic heterocycles. The summed E-state index contributed by atoms with van der Waals surface area (Å²) in [7, 11) is 0. The lowest BCUT2D eigenvalue weighted by atomic mass is 9.91. The van der Waals surface area contributed by atoms with Crippen LogP contribution in [0.3, 0.4) is 0 Å². The second kappa shape index (κ2) is 5.98. The molecule has 1 unspecified atom stereocenters. The number of hydrogen-bond donors (Lipinski definition) is 2. The third kappa shape index (κ3) is 4.09. The van der Waals surface area contributed by atoms with Crippen LogP contribution < -0.4 is 11.1 Å². The molecule has 0 aromatic carbocycles. The maximum atomic E-state index is 5.93. The maximum absolute atomic E-state index is 5.93. The Morgan fingerprint density at radius 2 is 2.06 bits per heavy atom. The molecule has 1 aromatic heterocycles. The molecule has 1 aromatic rings. The van der Waals surface area contributed by atoms with Crippen molar-refractivity contribution in [2.75, 3.05) is 0 Å². The molecule has 0 radical (unpaired) electrons. The van der Waals surface area contributed by atoms with Gasteiger partial charge in [0, 0.05) is 27.9 Å². The van der Waals surface area contributed by atoms with Gasteiger partial charge >= 0.3 is 0 Å². The van der Waals surface area contributed by atoms with Gasteiger partial charge in [-0.2, -0.15) is 0 Å². The minimum Gasteiger partial charge on any atom is -0.328 e. The molecule has 0 spiro atoms. The first-order valence-electron chi connectivity index (χ1n) is 6.70. The fourth-order valence-electron chi connectivity index (χ4n) is 2.64. The molecule has 1 aliphatic rings. The molecule has 1 atom stereocenters. The molecule has 2 nitrogen and oxygen atoms in total. The van der Waals surface area contributed by atoms with E-state index in [-0.39, 0.29) is 0 Å². The standard InChI is InChI=1S/C14H24N2S/c1-10(9-14-8-3-11(2)17-14)16-13-6-4-12(15)5-7-13/h3,8,10,12-13,16H,4-7,9,15H2,1-2H3. The summed E-state index contributed by atoms with van der Waals surface area (Å²) in [5.41, 5.74) is 5.93. The van der Waals surface area contributed by atoms with Gasteiger partial charge in [-0.05, 0) is 58.1 Å². The number of thiophene rings is 1. The average molecular weight is 252 g/mol. The summed E-state index contributed by atoms with van der Waals surface area (Å²) in [6.07, 6.45) is 6.01. The summed E-state index contributed by atoms with van der Waals surface area (Å²) in [5, 5.41) is 3.75. The van der Waals surface area contributed by atoms with Gasteiger partial charge in [0.05, 0.1) is 0 Å². The first kappa shape index (κ1) is 13.1. The summed E-state index contributed by atoms with van der Waals surface area (Å²) >= 11 is 1.92. The highest BCUT2D eigenvalue weighted by molar-refractivity contribution is 7.11. The fraction of sp³-hybridized carbons (Fsp3) is 0.714. The Morgan fingerprint density at radius 3 is 2.65 bits per heavy atom. The van der Waals surface area contributed by atoms with Crippen molar-refractivity contribution in [2.45, 2.75) is 64.1 Å². The Bertz CT molecular complexity index is 340. The van der Waals surface area contributed by atoms with E-state index >= 15 is 0 Å². The van der Waals surface area contributed by atoms with Gasteiger partial charge in [0.25, 0.3) is 0 Å². The van der Waals surface area contributed by atoms with Crippen molar-refractivity contribution >= 4 is 11.3 Å². The summed E-state index contributed by atoms with van der Waals surface area (Å²) in [6, 6.07) is 6.18. The smallest absolute Gasteiger partial charge is 0.00896 e. The largest absolute Gasteiger partial charge is 0.328 e. The van der Waals surface area contributed by atoms with E-state index in [1.165, 1.54) is 35.4 Å². The Labute approximate surface area is 109 Å². The molecule has 3 heteroatoms. The molecule has 0 saturated heterocycles. The summed E-state index contributed by atoms with van der Waals surface area (Å²) in [4.78, 5) is 2.91. The van der Waals surface area contributed by atoms with Crippen LogP contribution in [0.2, 0.25) is 0 Å². The van der Waals surface area contributed by atoms with Gasteiger partial charge in [0.15, 0.2) is 0 Å². The van der Waals surface area contributed by atoms with Crippen LogP contribution in [-0.2, 0) is 6.42 Å². The second-order valence-electron chi connectivity index (χ2n) is 5.40. The number of nitrogens with one attached hydrogen (secondary N) is 1. The highest BCUT2D eigenvalue weighted by Crippen LogP contribution is 2.20. The number of hydrogen-bond acceptors (Lipinski definition) is 3. The van der Waals surface area contributed by atoms with Crippen molar-refractivity contribution in [2.24, 2.45) is 5.73 Å². The number of rotatable bonds is 4. The molecule has 0 bridgehead atoms. The Hall–Kier alpha value is -0.380. The van der Waals surface area contributed by atoms with Crippen molar-refractivity contribution in [3.05, 3.63) is 21.9 Å². The van der Waals surface area contributed by atoms with Crippen LogP contribution in [0.15, 0.2) is 12.1 Å². The minimum absolute atomic E-state index is 0.448. The molecule has 1 fully saturated rings. The number of nitrogens with two attached hydrogens (primary N) is 1. The Balaban J connectivity index is 1.75. The molecule has 3 N–H and O–H groups in total. The first-order valence-corrected chi connectivity index (χ1v) is 7.52. The normalized spacial score (nSPS) is 27.0. The quantitative estimate of drug-likeness (QED) is 0.865. The van der Waals surface area contributed by atoms with Gasteiger partial charge < -0.3 is 11.1 Å². The van der Waals surface area contributed by atoms with Crippen LogP contribution in [0, 0.1) is 6.92 Å². The Morgan fingerprint density at radius 1 is 1.35 bits per heavy atom. The van der Waals surface area contributed by atoms with Crippen molar-refractivity contribution < 1.29 is 0 Å². The highest BCUT2D eigenvalue weighted by Gasteiger charge is 2.19. The van der Waals surface area contributed by atoms with Crippen LogP contribution in [-0.4, -0.2) is 18.1 Å². The third-order valence-corrected chi connectivity index (χ3v) is 4.62. The van der Waals surface area contributed by atoms with Gasteiger partial charge in [-0.15, -0.1) is 11.3 Å². The monoisotopic (exact) mass is 252 g/mol. The lowest BCUT2D eigenvalue weighted by Gasteiger charge is -2.29. The fourth-order valence-corrected chi connectivity index (χ4v) is 3.66. The van der Waals surface area contributed by atoms with Gasteiger partial charge in [0.1, 0.15) is 0 Å². The highest BCUT2D eigenvalue weighted by atomic mass is 32.1. The van der Waals surface area contributed by atoms with Crippen molar-refractivity contribution in [3.63, 3.8) is 0 Å². The van der Waals surface area contributed by atoms with Crippen LogP contribution in [0.4, 0.5) is 0 Å². The van der Waals surface area contributed by atoms with E-state index in [1.54, 1.807) is 0 Å². The van der Waals surface area contributed by atoms with Crippen LogP contribution >= 0.6 is 11.3 Å². The van der Waals surface area contributed by atoms with Gasteiger partial charge in [-0.25, -0.2) is 0 Å². The SMILES string of the molecule is Cc1ccc(CC(C)NC2CCC(N)CC2)s1. The summed E-state index contributed by atoms with van der Waals surface area (Å²) < 4.78 is 0. The summed E-state index contributed by atoms with van der Waals surface area (Å²) in [6.45, 7) is 4.47. The topological polar surface area (TPSA) is 38.0 Å². The lowest BCUT2D eigenvalue weighted by molar-refractivity contribution is 0.320.